The summed E-state index contributed by atoms with van der Waals surface area (Å²) in [5.41, 5.74) is 2.45. The van der Waals surface area contributed by atoms with Crippen molar-refractivity contribution >= 4 is 21.8 Å². The number of carbonyl (C=O) groups excluding carboxylic acids is 1. The predicted octanol–water partition coefficient (Wildman–Crippen LogP) is 1.97. The highest BCUT2D eigenvalue weighted by Crippen LogP contribution is 2.28. The average molecular weight is 377 g/mol. The number of nitrogens with one attached hydrogen (secondary N) is 2. The lowest BCUT2D eigenvalue weighted by Crippen LogP contribution is -2.33. The quantitative estimate of drug-likeness (QED) is 0.856. The molecule has 2 heterocycles. The highest BCUT2D eigenvalue weighted by Gasteiger charge is 2.23. The molecule has 1 aliphatic rings. The van der Waals surface area contributed by atoms with Gasteiger partial charge in [-0.15, -0.1) is 0 Å². The zero-order chi connectivity index (χ0) is 16.4. The fourth-order valence-corrected chi connectivity index (χ4v) is 3.24. The Bertz CT molecular complexity index is 803. The lowest BCUT2D eigenvalue weighted by molar-refractivity contribution is -0.121. The molecule has 0 aliphatic heterocycles. The molecule has 0 saturated heterocycles. The molecule has 6 nitrogen and oxygen atoms in total. The van der Waals surface area contributed by atoms with Crippen LogP contribution >= 0.6 is 15.9 Å². The van der Waals surface area contributed by atoms with Crippen LogP contribution < -0.4 is 10.9 Å². The van der Waals surface area contributed by atoms with Gasteiger partial charge in [-0.3, -0.25) is 9.59 Å². The van der Waals surface area contributed by atoms with Gasteiger partial charge in [0.1, 0.15) is 5.82 Å². The first kappa shape index (κ1) is 15.9. The maximum absolute atomic E-state index is 12.3. The average Bonchev–Trinajstić information content (AvgIpc) is 2.52. The van der Waals surface area contributed by atoms with E-state index in [1.54, 1.807) is 12.3 Å². The van der Waals surface area contributed by atoms with Gasteiger partial charge < -0.3 is 10.3 Å². The van der Waals surface area contributed by atoms with Crippen LogP contribution in [0.15, 0.2) is 27.7 Å². The number of H-pyrrole nitrogens is 1. The van der Waals surface area contributed by atoms with E-state index < -0.39 is 0 Å². The zero-order valence-electron chi connectivity index (χ0n) is 12.7. The number of halogens is 1. The number of nitrogens with zero attached hydrogens (tertiary/aromatic N) is 2. The van der Waals surface area contributed by atoms with Gasteiger partial charge in [0.05, 0.1) is 16.9 Å². The predicted molar refractivity (Wildman–Crippen MR) is 89.1 cm³/mol. The Morgan fingerprint density at radius 1 is 1.52 bits per heavy atom. The van der Waals surface area contributed by atoms with Crippen molar-refractivity contribution in [2.45, 2.75) is 38.6 Å². The number of aryl methyl sites for hydroxylation is 2. The Morgan fingerprint density at radius 3 is 3.17 bits per heavy atom. The Hall–Kier alpha value is -2.02. The molecule has 0 saturated carbocycles. The van der Waals surface area contributed by atoms with Crippen LogP contribution in [0.3, 0.4) is 0 Å². The number of carbonyl (C=O) groups is 1. The van der Waals surface area contributed by atoms with Gasteiger partial charge >= 0.3 is 0 Å². The van der Waals surface area contributed by atoms with Crippen molar-refractivity contribution in [3.63, 3.8) is 0 Å². The van der Waals surface area contributed by atoms with Crippen LogP contribution in [-0.4, -0.2) is 20.9 Å². The van der Waals surface area contributed by atoms with Crippen molar-refractivity contribution in [2.24, 2.45) is 0 Å². The summed E-state index contributed by atoms with van der Waals surface area (Å²) in [6.07, 6.45) is 6.30. The number of hydrogen-bond donors (Lipinski definition) is 2. The summed E-state index contributed by atoms with van der Waals surface area (Å²) in [6, 6.07) is 1.67. The molecule has 1 unspecified atom stereocenters. The lowest BCUT2D eigenvalue weighted by atomic mass is 9.92. The minimum absolute atomic E-state index is 0.0624. The third kappa shape index (κ3) is 3.50. The van der Waals surface area contributed by atoms with E-state index >= 15 is 0 Å². The van der Waals surface area contributed by atoms with Gasteiger partial charge in [-0.25, -0.2) is 9.97 Å². The van der Waals surface area contributed by atoms with Crippen molar-refractivity contribution in [1.82, 2.24) is 20.3 Å². The van der Waals surface area contributed by atoms with E-state index in [0.717, 1.165) is 36.3 Å². The molecule has 120 valence electrons. The first-order valence-electron chi connectivity index (χ1n) is 7.52. The zero-order valence-corrected chi connectivity index (χ0v) is 14.3. The maximum atomic E-state index is 12.3. The summed E-state index contributed by atoms with van der Waals surface area (Å²) in [5.74, 6) is 0.637. The molecule has 1 aliphatic carbocycles. The summed E-state index contributed by atoms with van der Waals surface area (Å²) in [5, 5.41) is 3.04. The fraction of sp³-hybridized carbons (Fsp3) is 0.375. The monoisotopic (exact) mass is 376 g/mol. The Morgan fingerprint density at radius 2 is 2.35 bits per heavy atom. The molecule has 23 heavy (non-hydrogen) atoms. The second-order valence-electron chi connectivity index (χ2n) is 5.65. The van der Waals surface area contributed by atoms with Crippen LogP contribution in [0.5, 0.6) is 0 Å². The summed E-state index contributed by atoms with van der Waals surface area (Å²) in [4.78, 5) is 35.2. The maximum Gasteiger partial charge on any atom is 0.262 e. The number of amides is 1. The van der Waals surface area contributed by atoms with E-state index in [4.69, 9.17) is 0 Å². The SMILES string of the molecule is Cc1ncc2c(n1)CCCC2NC(=O)Cc1cc[nH]c(=O)c1Br. The van der Waals surface area contributed by atoms with Crippen molar-refractivity contribution in [3.05, 3.63) is 55.9 Å². The molecule has 7 heteroatoms. The van der Waals surface area contributed by atoms with E-state index in [-0.39, 0.29) is 23.9 Å². The van der Waals surface area contributed by atoms with Crippen LogP contribution in [0.4, 0.5) is 0 Å². The molecule has 0 radical (unpaired) electrons. The molecule has 2 aromatic heterocycles. The van der Waals surface area contributed by atoms with Gasteiger partial charge in [-0.05, 0) is 53.7 Å². The van der Waals surface area contributed by atoms with Gasteiger partial charge in [0.15, 0.2) is 0 Å². The topological polar surface area (TPSA) is 87.7 Å². The Balaban J connectivity index is 1.74. The fourth-order valence-electron chi connectivity index (χ4n) is 2.85. The first-order chi connectivity index (χ1) is 11.0. The lowest BCUT2D eigenvalue weighted by Gasteiger charge is -2.25. The summed E-state index contributed by atoms with van der Waals surface area (Å²) in [7, 11) is 0. The molecule has 0 aromatic carbocycles. The molecule has 2 aromatic rings. The number of aromatic amines is 1. The van der Waals surface area contributed by atoms with Crippen LogP contribution in [0.1, 0.15) is 41.5 Å². The number of aromatic nitrogens is 3. The Kier molecular flexibility index (Phi) is 4.56. The molecular formula is C16H17BrN4O2. The molecule has 1 atom stereocenters. The third-order valence-electron chi connectivity index (χ3n) is 3.97. The molecule has 0 spiro atoms. The molecule has 0 fully saturated rings. The standard InChI is InChI=1S/C16H17BrN4O2/c1-9-19-8-11-12(20-9)3-2-4-13(11)21-14(22)7-10-5-6-18-16(23)15(10)17/h5-6,8,13H,2-4,7H2,1H3,(H,18,23)(H,21,22). The van der Waals surface area contributed by atoms with Crippen LogP contribution in [0.25, 0.3) is 0 Å². The van der Waals surface area contributed by atoms with E-state index in [0.29, 0.717) is 10.0 Å². The number of hydrogen-bond acceptors (Lipinski definition) is 4. The number of rotatable bonds is 3. The van der Waals surface area contributed by atoms with E-state index in [1.165, 1.54) is 0 Å². The Labute approximate surface area is 141 Å². The van der Waals surface area contributed by atoms with E-state index in [2.05, 4.69) is 36.2 Å². The third-order valence-corrected chi connectivity index (χ3v) is 4.84. The molecule has 3 rings (SSSR count). The second-order valence-corrected chi connectivity index (χ2v) is 6.45. The normalized spacial score (nSPS) is 16.7. The number of pyridine rings is 1. The molecule has 1 amide bonds. The van der Waals surface area contributed by atoms with Crippen LogP contribution in [0, 0.1) is 6.92 Å². The highest BCUT2D eigenvalue weighted by molar-refractivity contribution is 9.10. The summed E-state index contributed by atoms with van der Waals surface area (Å²) >= 11 is 3.22. The van der Waals surface area contributed by atoms with Crippen molar-refractivity contribution < 1.29 is 4.79 Å². The van der Waals surface area contributed by atoms with Gasteiger partial charge in [-0.1, -0.05) is 0 Å². The smallest absolute Gasteiger partial charge is 0.262 e. The van der Waals surface area contributed by atoms with Crippen LogP contribution in [-0.2, 0) is 17.6 Å². The van der Waals surface area contributed by atoms with Crippen molar-refractivity contribution in [2.75, 3.05) is 0 Å². The van der Waals surface area contributed by atoms with Gasteiger partial charge in [0.25, 0.3) is 5.56 Å². The molecular weight excluding hydrogens is 360 g/mol. The summed E-state index contributed by atoms with van der Waals surface area (Å²) < 4.78 is 0.401. The van der Waals surface area contributed by atoms with E-state index in [9.17, 15) is 9.59 Å². The van der Waals surface area contributed by atoms with Crippen molar-refractivity contribution in [1.29, 1.82) is 0 Å². The van der Waals surface area contributed by atoms with Crippen LogP contribution in [0.2, 0.25) is 0 Å². The highest BCUT2D eigenvalue weighted by atomic mass is 79.9. The minimum Gasteiger partial charge on any atom is -0.349 e. The molecule has 2 N–H and O–H groups in total. The van der Waals surface area contributed by atoms with Gasteiger partial charge in [-0.2, -0.15) is 0 Å². The summed E-state index contributed by atoms with van der Waals surface area (Å²) in [6.45, 7) is 1.87. The second kappa shape index (κ2) is 6.62. The first-order valence-corrected chi connectivity index (χ1v) is 8.31. The minimum atomic E-state index is -0.234. The van der Waals surface area contributed by atoms with Crippen molar-refractivity contribution in [3.8, 4) is 0 Å². The largest absolute Gasteiger partial charge is 0.349 e. The number of fused-ring (bicyclic) bond motifs is 1. The van der Waals surface area contributed by atoms with Gasteiger partial charge in [0, 0.05) is 23.7 Å². The van der Waals surface area contributed by atoms with E-state index in [1.807, 2.05) is 13.1 Å². The van der Waals surface area contributed by atoms with Gasteiger partial charge in [0.2, 0.25) is 5.91 Å². The molecule has 0 bridgehead atoms.